The lowest BCUT2D eigenvalue weighted by atomic mass is 9.74. The normalized spacial score (nSPS) is 34.1. The number of hydrogen-bond donors (Lipinski definition) is 1. The lowest BCUT2D eigenvalue weighted by Crippen LogP contribution is -2.53. The fourth-order valence-corrected chi connectivity index (χ4v) is 2.65. The van der Waals surface area contributed by atoms with E-state index in [4.69, 9.17) is 5.73 Å². The number of rotatable bonds is 2. The molecule has 0 aromatic heterocycles. The Balaban J connectivity index is 0.00000128. The Labute approximate surface area is 104 Å². The summed E-state index contributed by atoms with van der Waals surface area (Å²) in [5.74, 6) is 0.332. The summed E-state index contributed by atoms with van der Waals surface area (Å²) < 4.78 is 0. The first-order chi connectivity index (χ1) is 7.02. The van der Waals surface area contributed by atoms with Crippen molar-refractivity contribution in [2.45, 2.75) is 57.0 Å². The predicted molar refractivity (Wildman–Crippen MR) is 67.6 cm³/mol. The first kappa shape index (κ1) is 13.8. The zero-order valence-corrected chi connectivity index (χ0v) is 11.1. The summed E-state index contributed by atoms with van der Waals surface area (Å²) in [5.41, 5.74) is 5.95. The molecule has 0 heterocycles. The summed E-state index contributed by atoms with van der Waals surface area (Å²) in [5, 5.41) is 0. The molecule has 4 heteroatoms. The van der Waals surface area contributed by atoms with Crippen LogP contribution in [-0.4, -0.2) is 29.4 Å². The van der Waals surface area contributed by atoms with Crippen molar-refractivity contribution in [3.63, 3.8) is 0 Å². The molecule has 2 N–H and O–H groups in total. The average molecular weight is 247 g/mol. The molecule has 0 aliphatic heterocycles. The molecule has 3 nitrogen and oxygen atoms in total. The predicted octanol–water partition coefficient (Wildman–Crippen LogP) is 1.94. The fraction of sp³-hybridized carbons (Fsp3) is 0.917. The van der Waals surface area contributed by atoms with Gasteiger partial charge in [-0.3, -0.25) is 4.79 Å². The molecule has 94 valence electrons. The Morgan fingerprint density at radius 3 is 2.44 bits per heavy atom. The minimum absolute atomic E-state index is 0. The van der Waals surface area contributed by atoms with Crippen LogP contribution < -0.4 is 5.73 Å². The van der Waals surface area contributed by atoms with E-state index >= 15 is 0 Å². The van der Waals surface area contributed by atoms with Crippen LogP contribution in [0.1, 0.15) is 45.4 Å². The van der Waals surface area contributed by atoms with Crippen molar-refractivity contribution in [1.82, 2.24) is 4.90 Å². The van der Waals surface area contributed by atoms with Crippen molar-refractivity contribution in [1.29, 1.82) is 0 Å². The number of halogens is 1. The maximum Gasteiger partial charge on any atom is 0.227 e. The molecular formula is C12H23ClN2O. The third-order valence-electron chi connectivity index (χ3n) is 3.99. The second kappa shape index (κ2) is 4.92. The van der Waals surface area contributed by atoms with E-state index in [0.29, 0.717) is 6.04 Å². The van der Waals surface area contributed by atoms with E-state index in [1.54, 1.807) is 0 Å². The minimum atomic E-state index is -0.279. The molecule has 0 aromatic rings. The first-order valence-electron chi connectivity index (χ1n) is 6.08. The molecule has 0 bridgehead atoms. The van der Waals surface area contributed by atoms with E-state index in [2.05, 4.69) is 0 Å². The number of hydrogen-bond acceptors (Lipinski definition) is 2. The van der Waals surface area contributed by atoms with Crippen molar-refractivity contribution in [2.24, 2.45) is 11.7 Å². The maximum absolute atomic E-state index is 12.2. The lowest BCUT2D eigenvalue weighted by Gasteiger charge is -2.39. The number of nitrogens with two attached hydrogens (primary N) is 1. The highest BCUT2D eigenvalue weighted by atomic mass is 35.5. The number of carbonyl (C=O) groups excluding carboxylic acids is 1. The highest BCUT2D eigenvalue weighted by Crippen LogP contribution is 2.35. The van der Waals surface area contributed by atoms with Crippen LogP contribution in [0.3, 0.4) is 0 Å². The molecule has 2 rings (SSSR count). The van der Waals surface area contributed by atoms with Gasteiger partial charge in [-0.1, -0.05) is 12.8 Å². The molecular weight excluding hydrogens is 224 g/mol. The Bertz CT molecular complexity index is 264. The van der Waals surface area contributed by atoms with E-state index in [-0.39, 0.29) is 29.8 Å². The molecule has 2 atom stereocenters. The van der Waals surface area contributed by atoms with Gasteiger partial charge in [0.2, 0.25) is 5.91 Å². The lowest BCUT2D eigenvalue weighted by molar-refractivity contribution is -0.138. The largest absolute Gasteiger partial charge is 0.342 e. The second-order valence-corrected chi connectivity index (χ2v) is 5.48. The van der Waals surface area contributed by atoms with Crippen LogP contribution in [0.25, 0.3) is 0 Å². The third-order valence-corrected chi connectivity index (χ3v) is 3.99. The van der Waals surface area contributed by atoms with Crippen molar-refractivity contribution < 1.29 is 4.79 Å². The SMILES string of the molecule is CN(C(=O)C1CCCCC1(C)N)C1CC1.Cl. The Kier molecular flexibility index (Phi) is 4.24. The van der Waals surface area contributed by atoms with Crippen LogP contribution in [-0.2, 0) is 4.79 Å². The van der Waals surface area contributed by atoms with Gasteiger partial charge in [0.15, 0.2) is 0 Å². The summed E-state index contributed by atoms with van der Waals surface area (Å²) in [7, 11) is 1.94. The molecule has 2 aliphatic rings. The van der Waals surface area contributed by atoms with Gasteiger partial charge in [-0.25, -0.2) is 0 Å². The molecule has 0 radical (unpaired) electrons. The molecule has 16 heavy (non-hydrogen) atoms. The molecule has 2 saturated carbocycles. The topological polar surface area (TPSA) is 46.3 Å². The second-order valence-electron chi connectivity index (χ2n) is 5.48. The quantitative estimate of drug-likeness (QED) is 0.810. The van der Waals surface area contributed by atoms with Gasteiger partial charge in [0.05, 0.1) is 5.92 Å². The minimum Gasteiger partial charge on any atom is -0.342 e. The Morgan fingerprint density at radius 2 is 1.94 bits per heavy atom. The van der Waals surface area contributed by atoms with Gasteiger partial charge in [-0.15, -0.1) is 12.4 Å². The van der Waals surface area contributed by atoms with Crippen molar-refractivity contribution in [2.75, 3.05) is 7.05 Å². The van der Waals surface area contributed by atoms with Crippen molar-refractivity contribution in [3.8, 4) is 0 Å². The first-order valence-corrected chi connectivity index (χ1v) is 6.08. The number of nitrogens with zero attached hydrogens (tertiary/aromatic N) is 1. The Hall–Kier alpha value is -0.280. The molecule has 1 amide bonds. The maximum atomic E-state index is 12.2. The zero-order chi connectivity index (χ0) is 11.1. The highest BCUT2D eigenvalue weighted by Gasteiger charge is 2.41. The smallest absolute Gasteiger partial charge is 0.227 e. The van der Waals surface area contributed by atoms with Gasteiger partial charge in [-0.2, -0.15) is 0 Å². The van der Waals surface area contributed by atoms with E-state index in [0.717, 1.165) is 19.3 Å². The summed E-state index contributed by atoms with van der Waals surface area (Å²) in [6, 6.07) is 0.509. The molecule has 2 unspecified atom stereocenters. The summed E-state index contributed by atoms with van der Waals surface area (Å²) >= 11 is 0. The van der Waals surface area contributed by atoms with Crippen LogP contribution in [0.15, 0.2) is 0 Å². The van der Waals surface area contributed by atoms with Crippen LogP contribution in [0.2, 0.25) is 0 Å². The van der Waals surface area contributed by atoms with Gasteiger partial charge in [0.25, 0.3) is 0 Å². The summed E-state index contributed by atoms with van der Waals surface area (Å²) in [6.07, 6.45) is 6.64. The average Bonchev–Trinajstić information content (AvgIpc) is 2.98. The molecule has 2 fully saturated rings. The molecule has 0 spiro atoms. The summed E-state index contributed by atoms with van der Waals surface area (Å²) in [6.45, 7) is 2.04. The van der Waals surface area contributed by atoms with Gasteiger partial charge < -0.3 is 10.6 Å². The highest BCUT2D eigenvalue weighted by molar-refractivity contribution is 5.85. The van der Waals surface area contributed by atoms with Gasteiger partial charge in [-0.05, 0) is 32.6 Å². The third kappa shape index (κ3) is 2.69. The van der Waals surface area contributed by atoms with E-state index < -0.39 is 0 Å². The van der Waals surface area contributed by atoms with Crippen LogP contribution in [0.5, 0.6) is 0 Å². The Morgan fingerprint density at radius 1 is 1.31 bits per heavy atom. The van der Waals surface area contributed by atoms with E-state index in [9.17, 15) is 4.79 Å². The monoisotopic (exact) mass is 246 g/mol. The van der Waals surface area contributed by atoms with Crippen molar-refractivity contribution in [3.05, 3.63) is 0 Å². The van der Waals surface area contributed by atoms with Crippen LogP contribution >= 0.6 is 12.4 Å². The van der Waals surface area contributed by atoms with Crippen LogP contribution in [0.4, 0.5) is 0 Å². The number of carbonyl (C=O) groups is 1. The van der Waals surface area contributed by atoms with E-state index in [1.165, 1.54) is 19.3 Å². The van der Waals surface area contributed by atoms with Crippen LogP contribution in [0, 0.1) is 5.92 Å². The molecule has 0 saturated heterocycles. The summed E-state index contributed by atoms with van der Waals surface area (Å²) in [4.78, 5) is 14.2. The van der Waals surface area contributed by atoms with Gasteiger partial charge >= 0.3 is 0 Å². The van der Waals surface area contributed by atoms with Gasteiger partial charge in [0.1, 0.15) is 0 Å². The van der Waals surface area contributed by atoms with Crippen molar-refractivity contribution >= 4 is 18.3 Å². The number of amides is 1. The van der Waals surface area contributed by atoms with Gasteiger partial charge in [0, 0.05) is 18.6 Å². The standard InChI is InChI=1S/C12H22N2O.ClH/c1-12(13)8-4-3-5-10(12)11(15)14(2)9-6-7-9;/h9-10H,3-8,13H2,1-2H3;1H. The molecule has 0 aromatic carbocycles. The zero-order valence-electron chi connectivity index (χ0n) is 10.2. The fourth-order valence-electron chi connectivity index (χ4n) is 2.65. The van der Waals surface area contributed by atoms with E-state index in [1.807, 2.05) is 18.9 Å². The molecule has 2 aliphatic carbocycles.